The maximum Gasteiger partial charge on any atom is 0.310 e. The molecule has 0 aliphatic carbocycles. The van der Waals surface area contributed by atoms with Crippen LogP contribution in [0.1, 0.15) is 24.5 Å². The van der Waals surface area contributed by atoms with Crippen LogP contribution in [0.4, 0.5) is 5.69 Å². The van der Waals surface area contributed by atoms with Crippen molar-refractivity contribution in [2.75, 3.05) is 5.73 Å². The largest absolute Gasteiger partial charge is 0.481 e. The van der Waals surface area contributed by atoms with E-state index in [-0.39, 0.29) is 22.8 Å². The fourth-order valence-electron chi connectivity index (χ4n) is 1.25. The topological polar surface area (TPSA) is 135 Å². The second-order valence-electron chi connectivity index (χ2n) is 4.22. The number of Topliss-reactive ketones (excluding diaryl/α,β-unsaturated/α-hetero) is 1. The average molecular weight is 303 g/mol. The number of carboxylic acid groups (broad SMARTS) is 1. The third-order valence-electron chi connectivity index (χ3n) is 2.30. The van der Waals surface area contributed by atoms with E-state index in [0.29, 0.717) is 0 Å². The van der Waals surface area contributed by atoms with Gasteiger partial charge in [-0.25, -0.2) is 0 Å². The molecule has 0 bridgehead atoms. The Hall–Kier alpha value is -1.93. The van der Waals surface area contributed by atoms with Gasteiger partial charge in [-0.05, 0) is 44.0 Å². The van der Waals surface area contributed by atoms with Crippen LogP contribution in [0.2, 0.25) is 0 Å². The van der Waals surface area contributed by atoms with Crippen LogP contribution < -0.4 is 5.73 Å². The molecule has 0 amide bonds. The minimum atomic E-state index is -4.20. The minimum Gasteiger partial charge on any atom is -0.481 e. The van der Waals surface area contributed by atoms with Crippen molar-refractivity contribution in [3.05, 3.63) is 23.3 Å². The molecular weight excluding hydrogens is 286 g/mol. The number of anilines is 1. The number of hydrogen-bond donors (Lipinski definition) is 3. The summed E-state index contributed by atoms with van der Waals surface area (Å²) in [4.78, 5) is 19.2. The van der Waals surface area contributed by atoms with Gasteiger partial charge in [-0.2, -0.15) is 8.42 Å². The molecule has 0 fully saturated rings. The van der Waals surface area contributed by atoms with Crippen molar-refractivity contribution in [3.8, 4) is 0 Å². The van der Waals surface area contributed by atoms with Crippen LogP contribution in [-0.4, -0.2) is 29.8 Å². The van der Waals surface area contributed by atoms with E-state index in [2.05, 4.69) is 0 Å². The van der Waals surface area contributed by atoms with Gasteiger partial charge in [-0.1, -0.05) is 0 Å². The number of ketones is 1. The van der Waals surface area contributed by atoms with Gasteiger partial charge in [0.25, 0.3) is 10.1 Å². The molecule has 8 heteroatoms. The van der Waals surface area contributed by atoms with Gasteiger partial charge >= 0.3 is 5.97 Å². The zero-order chi connectivity index (χ0) is 16.1. The van der Waals surface area contributed by atoms with Crippen molar-refractivity contribution in [1.82, 2.24) is 0 Å². The molecule has 0 radical (unpaired) electrons. The summed E-state index contributed by atoms with van der Waals surface area (Å²) in [6.07, 6.45) is -0.361. The third kappa shape index (κ3) is 6.30. The molecular formula is C12H17NO6S. The number of nitrogens with two attached hydrogens (primary N) is 1. The van der Waals surface area contributed by atoms with Gasteiger partial charge < -0.3 is 10.8 Å². The van der Waals surface area contributed by atoms with E-state index < -0.39 is 16.1 Å². The lowest BCUT2D eigenvalue weighted by Crippen LogP contribution is -2.04. The van der Waals surface area contributed by atoms with Crippen LogP contribution in [-0.2, 0) is 19.7 Å². The van der Waals surface area contributed by atoms with Gasteiger partial charge in [0.15, 0.2) is 0 Å². The molecule has 0 spiro atoms. The molecule has 0 aliphatic rings. The van der Waals surface area contributed by atoms with E-state index in [9.17, 15) is 18.0 Å². The van der Waals surface area contributed by atoms with E-state index >= 15 is 0 Å². The Labute approximate surface area is 117 Å². The smallest absolute Gasteiger partial charge is 0.310 e. The van der Waals surface area contributed by atoms with Crippen molar-refractivity contribution >= 4 is 27.6 Å². The first-order valence-corrected chi connectivity index (χ1v) is 6.94. The summed E-state index contributed by atoms with van der Waals surface area (Å²) >= 11 is 0. The van der Waals surface area contributed by atoms with E-state index in [1.807, 2.05) is 6.92 Å². The summed E-state index contributed by atoms with van der Waals surface area (Å²) in [5.41, 5.74) is 7.18. The summed E-state index contributed by atoms with van der Waals surface area (Å²) in [6, 6.07) is 2.89. The van der Waals surface area contributed by atoms with Gasteiger partial charge in [-0.15, -0.1) is 0 Å². The first kappa shape index (κ1) is 18.1. The Bertz CT molecular complexity index is 609. The Kier molecular flexibility index (Phi) is 6.34. The zero-order valence-corrected chi connectivity index (χ0v) is 12.2. The molecule has 4 N–H and O–H groups in total. The molecule has 1 aromatic carbocycles. The highest BCUT2D eigenvalue weighted by Gasteiger charge is 2.14. The number of aryl methyl sites for hydroxylation is 2. The van der Waals surface area contributed by atoms with Gasteiger partial charge in [-0.3, -0.25) is 14.1 Å². The summed E-state index contributed by atoms with van der Waals surface area (Å²) in [7, 11) is -4.20. The molecule has 0 atom stereocenters. The Balaban J connectivity index is 0.000000441. The van der Waals surface area contributed by atoms with Gasteiger partial charge in [0, 0.05) is 0 Å². The molecule has 1 aromatic rings. The molecule has 1 rings (SSSR count). The highest BCUT2D eigenvalue weighted by atomic mass is 32.2. The Morgan fingerprint density at radius 2 is 1.65 bits per heavy atom. The van der Waals surface area contributed by atoms with Crippen LogP contribution in [0, 0.1) is 13.8 Å². The normalized spacial score (nSPS) is 10.4. The summed E-state index contributed by atoms with van der Waals surface area (Å²) < 4.78 is 30.4. The van der Waals surface area contributed by atoms with Gasteiger partial charge in [0.1, 0.15) is 17.1 Å². The molecule has 0 aliphatic heterocycles. The van der Waals surface area contributed by atoms with Crippen LogP contribution in [0.15, 0.2) is 17.0 Å². The first-order chi connectivity index (χ1) is 8.95. The number of rotatable bonds is 3. The molecule has 20 heavy (non-hydrogen) atoms. The van der Waals surface area contributed by atoms with Crippen molar-refractivity contribution in [3.63, 3.8) is 0 Å². The van der Waals surface area contributed by atoms with Crippen LogP contribution in [0.25, 0.3) is 0 Å². The fourth-order valence-corrected chi connectivity index (χ4v) is 1.93. The highest BCUT2D eigenvalue weighted by Crippen LogP contribution is 2.21. The minimum absolute atomic E-state index is 0.0746. The lowest BCUT2D eigenvalue weighted by molar-refractivity contribution is -0.139. The summed E-state index contributed by atoms with van der Waals surface area (Å²) in [6.45, 7) is 4.82. The van der Waals surface area contributed by atoms with Crippen molar-refractivity contribution < 1.29 is 27.7 Å². The lowest BCUT2D eigenvalue weighted by Gasteiger charge is -2.06. The molecule has 0 saturated heterocycles. The zero-order valence-electron chi connectivity index (χ0n) is 11.4. The van der Waals surface area contributed by atoms with E-state index in [1.165, 1.54) is 19.1 Å². The Morgan fingerprint density at radius 1 is 1.20 bits per heavy atom. The maximum atomic E-state index is 10.8. The first-order valence-electron chi connectivity index (χ1n) is 5.50. The predicted octanol–water partition coefficient (Wildman–Crippen LogP) is 1.18. The fraction of sp³-hybridized carbons (Fsp3) is 0.333. The number of carbonyl (C=O) groups is 2. The highest BCUT2D eigenvalue weighted by molar-refractivity contribution is 7.86. The number of carboxylic acids is 1. The van der Waals surface area contributed by atoms with E-state index in [1.54, 1.807) is 6.92 Å². The average Bonchev–Trinajstić information content (AvgIpc) is 2.20. The number of nitrogen functional groups attached to an aromatic ring is 1. The number of benzene rings is 1. The molecule has 112 valence electrons. The quantitative estimate of drug-likeness (QED) is 0.433. The number of hydrogen-bond acceptors (Lipinski definition) is 5. The molecule has 0 saturated carbocycles. The monoisotopic (exact) mass is 303 g/mol. The maximum absolute atomic E-state index is 10.8. The second kappa shape index (κ2) is 7.01. The van der Waals surface area contributed by atoms with Crippen LogP contribution in [0.3, 0.4) is 0 Å². The molecule has 0 unspecified atom stereocenters. The van der Waals surface area contributed by atoms with Gasteiger partial charge in [0.2, 0.25) is 0 Å². The summed E-state index contributed by atoms with van der Waals surface area (Å²) in [5.74, 6) is -1.37. The molecule has 0 aromatic heterocycles. The van der Waals surface area contributed by atoms with Crippen molar-refractivity contribution in [2.24, 2.45) is 0 Å². The van der Waals surface area contributed by atoms with Crippen molar-refractivity contribution in [1.29, 1.82) is 0 Å². The second-order valence-corrected chi connectivity index (χ2v) is 5.61. The number of aliphatic carboxylic acids is 1. The van der Waals surface area contributed by atoms with Crippen molar-refractivity contribution in [2.45, 2.75) is 32.1 Å². The van der Waals surface area contributed by atoms with Crippen LogP contribution in [0.5, 0.6) is 0 Å². The third-order valence-corrected chi connectivity index (χ3v) is 3.21. The lowest BCUT2D eigenvalue weighted by atomic mass is 10.1. The van der Waals surface area contributed by atoms with E-state index in [4.69, 9.17) is 15.4 Å². The number of carbonyl (C=O) groups excluding carboxylic acids is 1. The SMILES string of the molecule is CC(=O)CC(=O)O.Cc1cc(N)c(S(=O)(=O)O)cc1C. The summed E-state index contributed by atoms with van der Waals surface area (Å²) in [5, 5.41) is 7.86. The molecule has 0 heterocycles. The Morgan fingerprint density at radius 3 is 1.95 bits per heavy atom. The van der Waals surface area contributed by atoms with Gasteiger partial charge in [0.05, 0.1) is 5.69 Å². The van der Waals surface area contributed by atoms with E-state index in [0.717, 1.165) is 11.1 Å². The predicted molar refractivity (Wildman–Crippen MR) is 73.1 cm³/mol. The standard InChI is InChI=1S/C8H11NO3S.C4H6O3/c1-5-3-7(9)8(4-6(5)2)13(10,11)12;1-3(5)2-4(6)7/h3-4H,9H2,1-2H3,(H,10,11,12);2H2,1H3,(H,6,7). The van der Waals surface area contributed by atoms with Crippen LogP contribution >= 0.6 is 0 Å². The molecule has 7 nitrogen and oxygen atoms in total.